The Hall–Kier alpha value is -1.52. The van der Waals surface area contributed by atoms with Crippen LogP contribution in [0.1, 0.15) is 23.5 Å². The summed E-state index contributed by atoms with van der Waals surface area (Å²) in [5, 5.41) is 0.548. The molecular weight excluding hydrogens is 450 g/mol. The summed E-state index contributed by atoms with van der Waals surface area (Å²) in [5.41, 5.74) is 0.669. The van der Waals surface area contributed by atoms with Crippen LogP contribution in [0.3, 0.4) is 0 Å². The molecular formula is C19H22ClN3O3S3. The zero-order chi connectivity index (χ0) is 21.2. The minimum absolute atomic E-state index is 0.156. The van der Waals surface area contributed by atoms with Crippen LogP contribution in [0.4, 0.5) is 5.13 Å². The maximum Gasteiger partial charge on any atom is 0.270 e. The van der Waals surface area contributed by atoms with Crippen LogP contribution in [0, 0.1) is 0 Å². The zero-order valence-corrected chi connectivity index (χ0v) is 19.6. The maximum absolute atomic E-state index is 13.2. The second-order valence-electron chi connectivity index (χ2n) is 6.49. The highest BCUT2D eigenvalue weighted by atomic mass is 35.5. The van der Waals surface area contributed by atoms with Crippen molar-refractivity contribution in [3.63, 3.8) is 0 Å². The molecule has 2 heterocycles. The summed E-state index contributed by atoms with van der Waals surface area (Å²) in [6.07, 6.45) is 1.18. The molecule has 3 rings (SSSR count). The van der Waals surface area contributed by atoms with E-state index in [9.17, 15) is 13.2 Å². The average molecular weight is 472 g/mol. The van der Waals surface area contributed by atoms with E-state index in [4.69, 9.17) is 11.6 Å². The first kappa shape index (κ1) is 22.2. The number of hydrogen-bond acceptors (Lipinski definition) is 7. The van der Waals surface area contributed by atoms with Gasteiger partial charge in [0.25, 0.3) is 5.91 Å². The van der Waals surface area contributed by atoms with Crippen molar-refractivity contribution < 1.29 is 13.2 Å². The molecule has 29 heavy (non-hydrogen) atoms. The van der Waals surface area contributed by atoms with Crippen LogP contribution < -0.4 is 4.90 Å². The van der Waals surface area contributed by atoms with Crippen LogP contribution in [0.5, 0.6) is 0 Å². The quantitative estimate of drug-likeness (QED) is 0.486. The van der Waals surface area contributed by atoms with E-state index < -0.39 is 9.84 Å². The van der Waals surface area contributed by atoms with Crippen LogP contribution in [-0.2, 0) is 9.84 Å². The maximum atomic E-state index is 13.2. The Bertz CT molecular complexity index is 1120. The number of rotatable bonds is 8. The van der Waals surface area contributed by atoms with E-state index in [1.807, 2.05) is 0 Å². The number of amides is 1. The molecule has 0 fully saturated rings. The molecule has 1 aromatic carbocycles. The fourth-order valence-electron chi connectivity index (χ4n) is 2.87. The molecule has 0 bridgehead atoms. The zero-order valence-electron chi connectivity index (χ0n) is 16.4. The van der Waals surface area contributed by atoms with Crippen LogP contribution >= 0.6 is 34.3 Å². The number of thiazole rings is 1. The van der Waals surface area contributed by atoms with E-state index in [1.54, 1.807) is 35.2 Å². The third-order valence-corrected chi connectivity index (χ3v) is 7.94. The smallest absolute Gasteiger partial charge is 0.270 e. The van der Waals surface area contributed by atoms with Crippen LogP contribution in [0.15, 0.2) is 35.2 Å². The van der Waals surface area contributed by atoms with Gasteiger partial charge in [0.15, 0.2) is 15.0 Å². The van der Waals surface area contributed by atoms with Gasteiger partial charge in [-0.05, 0) is 43.4 Å². The highest BCUT2D eigenvalue weighted by Crippen LogP contribution is 2.32. The molecule has 0 aliphatic rings. The number of thiophene rings is 1. The number of nitrogens with zero attached hydrogens (tertiary/aromatic N) is 3. The van der Waals surface area contributed by atoms with Gasteiger partial charge in [-0.3, -0.25) is 9.69 Å². The Morgan fingerprint density at radius 1 is 1.10 bits per heavy atom. The monoisotopic (exact) mass is 471 g/mol. The summed E-state index contributed by atoms with van der Waals surface area (Å²) in [5.74, 6) is -0.156. The van der Waals surface area contributed by atoms with E-state index in [-0.39, 0.29) is 10.8 Å². The second-order valence-corrected chi connectivity index (χ2v) is 11.2. The molecule has 1 amide bonds. The molecule has 0 aliphatic heterocycles. The molecule has 0 saturated heterocycles. The second kappa shape index (κ2) is 9.09. The van der Waals surface area contributed by atoms with Crippen LogP contribution in [-0.4, -0.2) is 56.6 Å². The number of carbonyl (C=O) groups is 1. The lowest BCUT2D eigenvalue weighted by molar-refractivity contribution is 0.0987. The minimum atomic E-state index is -3.31. The van der Waals surface area contributed by atoms with Crippen molar-refractivity contribution in [3.8, 4) is 0 Å². The number of anilines is 1. The molecule has 0 unspecified atom stereocenters. The van der Waals surface area contributed by atoms with Crippen molar-refractivity contribution >= 4 is 65.4 Å². The van der Waals surface area contributed by atoms with Crippen molar-refractivity contribution in [2.24, 2.45) is 0 Å². The van der Waals surface area contributed by atoms with Gasteiger partial charge in [0, 0.05) is 19.3 Å². The summed E-state index contributed by atoms with van der Waals surface area (Å²) in [7, 11) is -3.31. The van der Waals surface area contributed by atoms with Crippen molar-refractivity contribution in [2.45, 2.75) is 18.7 Å². The number of halogens is 1. The largest absolute Gasteiger partial charge is 0.302 e. The van der Waals surface area contributed by atoms with Gasteiger partial charge in [0.2, 0.25) is 0 Å². The molecule has 6 nitrogen and oxygen atoms in total. The van der Waals surface area contributed by atoms with Crippen molar-refractivity contribution in [2.75, 3.05) is 37.3 Å². The summed E-state index contributed by atoms with van der Waals surface area (Å²) in [6.45, 7) is 7.14. The Morgan fingerprint density at radius 2 is 1.83 bits per heavy atom. The van der Waals surface area contributed by atoms with Gasteiger partial charge in [0.05, 0.1) is 24.3 Å². The predicted octanol–water partition coefficient (Wildman–Crippen LogP) is 4.40. The Balaban J connectivity index is 1.99. The van der Waals surface area contributed by atoms with E-state index >= 15 is 0 Å². The highest BCUT2D eigenvalue weighted by molar-refractivity contribution is 7.90. The van der Waals surface area contributed by atoms with Gasteiger partial charge in [-0.25, -0.2) is 13.4 Å². The number of aromatic nitrogens is 1. The Kier molecular flexibility index (Phi) is 6.95. The van der Waals surface area contributed by atoms with Crippen LogP contribution in [0.25, 0.3) is 10.2 Å². The fourth-order valence-corrected chi connectivity index (χ4v) is 5.61. The van der Waals surface area contributed by atoms with E-state index in [1.165, 1.54) is 28.9 Å². The number of carbonyl (C=O) groups excluding carboxylic acids is 1. The van der Waals surface area contributed by atoms with Gasteiger partial charge < -0.3 is 4.90 Å². The molecule has 2 aromatic heterocycles. The SMILES string of the molecule is CCN(CC)CCN(C(=O)c1ccc(Cl)s1)c1nc2ccc(S(C)(=O)=O)cc2s1. The first-order valence-electron chi connectivity index (χ1n) is 9.13. The van der Waals surface area contributed by atoms with Gasteiger partial charge in [-0.15, -0.1) is 11.3 Å². The van der Waals surface area contributed by atoms with Gasteiger partial charge in [0.1, 0.15) is 0 Å². The molecule has 3 aromatic rings. The summed E-state index contributed by atoms with van der Waals surface area (Å²) < 4.78 is 25.0. The first-order chi connectivity index (χ1) is 13.7. The lowest BCUT2D eigenvalue weighted by Crippen LogP contribution is -2.38. The standard InChI is InChI=1S/C19H22ClN3O3S3/c1-4-22(5-2)10-11-23(18(24)15-8-9-17(20)27-15)19-21-14-7-6-13(29(3,25)26)12-16(14)28-19/h6-9,12H,4-5,10-11H2,1-3H3. The number of sulfone groups is 1. The van der Waals surface area contributed by atoms with Gasteiger partial charge >= 0.3 is 0 Å². The molecule has 0 aliphatic carbocycles. The number of benzene rings is 1. The molecule has 0 saturated carbocycles. The summed E-state index contributed by atoms with van der Waals surface area (Å²) in [4.78, 5) is 22.5. The highest BCUT2D eigenvalue weighted by Gasteiger charge is 2.23. The number of likely N-dealkylation sites (N-methyl/N-ethyl adjacent to an activating group) is 1. The molecule has 10 heteroatoms. The normalized spacial score (nSPS) is 12.0. The topological polar surface area (TPSA) is 70.6 Å². The summed E-state index contributed by atoms with van der Waals surface area (Å²) >= 11 is 8.57. The fraction of sp³-hybridized carbons (Fsp3) is 0.368. The Morgan fingerprint density at radius 3 is 2.41 bits per heavy atom. The Labute approximate surface area is 183 Å². The average Bonchev–Trinajstić information content (AvgIpc) is 3.29. The van der Waals surface area contributed by atoms with E-state index in [0.717, 1.165) is 17.8 Å². The molecule has 0 spiro atoms. The minimum Gasteiger partial charge on any atom is -0.302 e. The third kappa shape index (κ3) is 5.16. The lowest BCUT2D eigenvalue weighted by atomic mass is 10.3. The molecule has 156 valence electrons. The van der Waals surface area contributed by atoms with E-state index in [2.05, 4.69) is 23.7 Å². The first-order valence-corrected chi connectivity index (χ1v) is 13.0. The van der Waals surface area contributed by atoms with E-state index in [0.29, 0.717) is 33.0 Å². The molecule has 0 N–H and O–H groups in total. The van der Waals surface area contributed by atoms with Crippen molar-refractivity contribution in [1.82, 2.24) is 9.88 Å². The molecule has 0 radical (unpaired) electrons. The summed E-state index contributed by atoms with van der Waals surface area (Å²) in [6, 6.07) is 8.26. The van der Waals surface area contributed by atoms with Crippen LogP contribution in [0.2, 0.25) is 4.34 Å². The predicted molar refractivity (Wildman–Crippen MR) is 122 cm³/mol. The molecule has 0 atom stereocenters. The van der Waals surface area contributed by atoms with Crippen molar-refractivity contribution in [3.05, 3.63) is 39.5 Å². The van der Waals surface area contributed by atoms with Gasteiger partial charge in [-0.2, -0.15) is 0 Å². The van der Waals surface area contributed by atoms with Gasteiger partial charge in [-0.1, -0.05) is 36.8 Å². The third-order valence-electron chi connectivity index (χ3n) is 4.57. The van der Waals surface area contributed by atoms with Crippen molar-refractivity contribution in [1.29, 1.82) is 0 Å². The lowest BCUT2D eigenvalue weighted by Gasteiger charge is -2.24. The number of hydrogen-bond donors (Lipinski definition) is 0. The number of fused-ring (bicyclic) bond motifs is 1.